The number of nitrogens with zero attached hydrogens (tertiary/aromatic N) is 1. The molecular weight excluding hydrogens is 354 g/mol. The Morgan fingerprint density at radius 1 is 1.30 bits per heavy atom. The molecule has 1 unspecified atom stereocenters. The predicted octanol–water partition coefficient (Wildman–Crippen LogP) is 1.85. The molecule has 9 heteroatoms. The fourth-order valence-electron chi connectivity index (χ4n) is 2.89. The van der Waals surface area contributed by atoms with E-state index in [1.165, 1.54) is 25.3 Å². The number of nitro groups is 1. The van der Waals surface area contributed by atoms with Crippen LogP contribution in [0.5, 0.6) is 0 Å². The number of non-ortho nitro benzene ring substituents is 1. The second-order valence-corrected chi connectivity index (χ2v) is 5.90. The molecule has 1 atom stereocenters. The highest BCUT2D eigenvalue weighted by Gasteiger charge is 2.38. The van der Waals surface area contributed by atoms with E-state index in [9.17, 15) is 19.7 Å². The fraction of sp³-hybridized carbons (Fsp3) is 0.333. The Morgan fingerprint density at radius 2 is 2.00 bits per heavy atom. The maximum absolute atomic E-state index is 12.6. The summed E-state index contributed by atoms with van der Waals surface area (Å²) in [5.74, 6) is -2.31. The van der Waals surface area contributed by atoms with Gasteiger partial charge in [0.05, 0.1) is 35.7 Å². The van der Waals surface area contributed by atoms with Crippen LogP contribution in [-0.2, 0) is 19.1 Å². The zero-order valence-corrected chi connectivity index (χ0v) is 15.3. The Kier molecular flexibility index (Phi) is 6.17. The molecule has 0 fully saturated rings. The van der Waals surface area contributed by atoms with Gasteiger partial charge in [-0.15, -0.1) is 0 Å². The predicted molar refractivity (Wildman–Crippen MR) is 96.2 cm³/mol. The highest BCUT2D eigenvalue weighted by Crippen LogP contribution is 2.39. The minimum atomic E-state index is -0.956. The van der Waals surface area contributed by atoms with Gasteiger partial charge in [0.15, 0.2) is 0 Å². The summed E-state index contributed by atoms with van der Waals surface area (Å²) in [6.07, 6.45) is 0.604. The molecule has 0 aromatic heterocycles. The lowest BCUT2D eigenvalue weighted by Crippen LogP contribution is -2.36. The molecule has 0 bridgehead atoms. The maximum Gasteiger partial charge on any atom is 0.338 e. The Morgan fingerprint density at radius 3 is 2.59 bits per heavy atom. The molecule has 144 valence electrons. The molecular formula is C18H21N3O6. The minimum Gasteiger partial charge on any atom is -0.466 e. The summed E-state index contributed by atoms with van der Waals surface area (Å²) in [6, 6.07) is 5.68. The van der Waals surface area contributed by atoms with Crippen molar-refractivity contribution < 1.29 is 24.0 Å². The molecule has 3 N–H and O–H groups in total. The molecule has 1 heterocycles. The number of carbonyl (C=O) groups is 2. The molecule has 0 saturated heterocycles. The first-order chi connectivity index (χ1) is 12.8. The molecule has 0 aliphatic carbocycles. The largest absolute Gasteiger partial charge is 0.466 e. The van der Waals surface area contributed by atoms with E-state index in [0.29, 0.717) is 17.7 Å². The van der Waals surface area contributed by atoms with Crippen molar-refractivity contribution in [2.45, 2.75) is 26.2 Å². The van der Waals surface area contributed by atoms with Crippen molar-refractivity contribution in [3.05, 3.63) is 62.6 Å². The van der Waals surface area contributed by atoms with E-state index < -0.39 is 22.8 Å². The lowest BCUT2D eigenvalue weighted by molar-refractivity contribution is -0.384. The molecule has 0 spiro atoms. The van der Waals surface area contributed by atoms with E-state index >= 15 is 0 Å². The van der Waals surface area contributed by atoms with Gasteiger partial charge in [0, 0.05) is 17.8 Å². The molecule has 1 aliphatic rings. The van der Waals surface area contributed by atoms with Gasteiger partial charge in [0.2, 0.25) is 0 Å². The summed E-state index contributed by atoms with van der Waals surface area (Å²) in [5.41, 5.74) is 6.74. The first-order valence-electron chi connectivity index (χ1n) is 8.29. The third-order valence-corrected chi connectivity index (χ3v) is 4.07. The van der Waals surface area contributed by atoms with E-state index in [2.05, 4.69) is 5.32 Å². The summed E-state index contributed by atoms with van der Waals surface area (Å²) in [5, 5.41) is 13.9. The number of dihydropyridines is 1. The normalized spacial score (nSPS) is 16.6. The van der Waals surface area contributed by atoms with Gasteiger partial charge in [-0.05, 0) is 18.9 Å². The van der Waals surface area contributed by atoms with Crippen LogP contribution in [0.2, 0.25) is 0 Å². The molecule has 0 saturated carbocycles. The Balaban J connectivity index is 2.65. The van der Waals surface area contributed by atoms with Gasteiger partial charge in [-0.25, -0.2) is 9.59 Å². The van der Waals surface area contributed by atoms with Crippen LogP contribution in [0.25, 0.3) is 0 Å². The number of esters is 2. The van der Waals surface area contributed by atoms with Crippen molar-refractivity contribution in [3.8, 4) is 0 Å². The standard InChI is InChI=1S/C18H21N3O6/c1-4-8-27-18(23)15-14(11-6-5-7-12(9-11)21(24)25)13(17(22)26-3)10(2)20-16(15)19/h5-7,9,14,20H,4,8,19H2,1-3H3. The zero-order valence-electron chi connectivity index (χ0n) is 15.3. The third-order valence-electron chi connectivity index (χ3n) is 4.07. The topological polar surface area (TPSA) is 134 Å². The van der Waals surface area contributed by atoms with Gasteiger partial charge in [-0.2, -0.15) is 0 Å². The molecule has 9 nitrogen and oxygen atoms in total. The quantitative estimate of drug-likeness (QED) is 0.437. The van der Waals surface area contributed by atoms with Crippen molar-refractivity contribution in [2.75, 3.05) is 13.7 Å². The van der Waals surface area contributed by atoms with Crippen LogP contribution in [-0.4, -0.2) is 30.6 Å². The van der Waals surface area contributed by atoms with Crippen molar-refractivity contribution in [1.29, 1.82) is 0 Å². The first-order valence-corrected chi connectivity index (χ1v) is 8.29. The van der Waals surface area contributed by atoms with E-state index in [-0.39, 0.29) is 29.3 Å². The smallest absolute Gasteiger partial charge is 0.338 e. The maximum atomic E-state index is 12.6. The van der Waals surface area contributed by atoms with Crippen LogP contribution < -0.4 is 11.1 Å². The lowest BCUT2D eigenvalue weighted by atomic mass is 9.81. The van der Waals surface area contributed by atoms with Crippen LogP contribution >= 0.6 is 0 Å². The molecule has 2 rings (SSSR count). The lowest BCUT2D eigenvalue weighted by Gasteiger charge is -2.29. The van der Waals surface area contributed by atoms with Crippen LogP contribution in [0.3, 0.4) is 0 Å². The highest BCUT2D eigenvalue weighted by molar-refractivity contribution is 5.99. The van der Waals surface area contributed by atoms with Crippen molar-refractivity contribution in [3.63, 3.8) is 0 Å². The molecule has 1 aromatic rings. The van der Waals surface area contributed by atoms with Crippen molar-refractivity contribution in [1.82, 2.24) is 5.32 Å². The summed E-state index contributed by atoms with van der Waals surface area (Å²) < 4.78 is 10.0. The monoisotopic (exact) mass is 375 g/mol. The Bertz CT molecular complexity index is 843. The van der Waals surface area contributed by atoms with Crippen LogP contribution in [0.15, 0.2) is 46.9 Å². The zero-order chi connectivity index (χ0) is 20.1. The average molecular weight is 375 g/mol. The summed E-state index contributed by atoms with van der Waals surface area (Å²) in [6.45, 7) is 3.62. The number of hydrogen-bond donors (Lipinski definition) is 2. The number of nitro benzene ring substituents is 1. The second kappa shape index (κ2) is 8.35. The second-order valence-electron chi connectivity index (χ2n) is 5.90. The minimum absolute atomic E-state index is 0.00921. The molecule has 0 amide bonds. The summed E-state index contributed by atoms with van der Waals surface area (Å²) >= 11 is 0. The van der Waals surface area contributed by atoms with Crippen LogP contribution in [0.1, 0.15) is 31.7 Å². The average Bonchev–Trinajstić information content (AvgIpc) is 2.64. The van der Waals surface area contributed by atoms with Gasteiger partial charge in [0.1, 0.15) is 5.82 Å². The first kappa shape index (κ1) is 20.0. The Hall–Kier alpha value is -3.36. The number of nitrogens with two attached hydrogens (primary N) is 1. The van der Waals surface area contributed by atoms with E-state index in [4.69, 9.17) is 15.2 Å². The van der Waals surface area contributed by atoms with Crippen LogP contribution in [0.4, 0.5) is 5.69 Å². The van der Waals surface area contributed by atoms with Gasteiger partial charge in [-0.3, -0.25) is 10.1 Å². The fourth-order valence-corrected chi connectivity index (χ4v) is 2.89. The number of rotatable bonds is 6. The van der Waals surface area contributed by atoms with Crippen LogP contribution in [0, 0.1) is 10.1 Å². The number of benzene rings is 1. The van der Waals surface area contributed by atoms with Crippen molar-refractivity contribution >= 4 is 17.6 Å². The van der Waals surface area contributed by atoms with E-state index in [1.807, 2.05) is 6.92 Å². The summed E-state index contributed by atoms with van der Waals surface area (Å²) in [4.78, 5) is 35.6. The highest BCUT2D eigenvalue weighted by atomic mass is 16.6. The SMILES string of the molecule is CCCOC(=O)C1=C(N)NC(C)=C(C(=O)OC)C1c1cccc([N+](=O)[O-])c1. The molecule has 27 heavy (non-hydrogen) atoms. The van der Waals surface area contributed by atoms with E-state index in [1.54, 1.807) is 13.0 Å². The number of hydrogen-bond acceptors (Lipinski definition) is 8. The number of allylic oxidation sites excluding steroid dienone is 1. The van der Waals surface area contributed by atoms with Gasteiger partial charge >= 0.3 is 11.9 Å². The molecule has 1 aliphatic heterocycles. The Labute approximate surface area is 156 Å². The number of nitrogens with one attached hydrogen (secondary N) is 1. The number of ether oxygens (including phenoxy) is 2. The number of carbonyl (C=O) groups excluding carboxylic acids is 2. The van der Waals surface area contributed by atoms with Crippen molar-refractivity contribution in [2.24, 2.45) is 5.73 Å². The van der Waals surface area contributed by atoms with E-state index in [0.717, 1.165) is 0 Å². The number of methoxy groups -OCH3 is 1. The van der Waals surface area contributed by atoms with Gasteiger partial charge < -0.3 is 20.5 Å². The molecule has 1 aromatic carbocycles. The molecule has 0 radical (unpaired) electrons. The summed E-state index contributed by atoms with van der Waals surface area (Å²) in [7, 11) is 1.21. The third kappa shape index (κ3) is 4.08. The van der Waals surface area contributed by atoms with Gasteiger partial charge in [0.25, 0.3) is 5.69 Å². The van der Waals surface area contributed by atoms with Gasteiger partial charge in [-0.1, -0.05) is 19.1 Å².